The van der Waals surface area contributed by atoms with Crippen molar-refractivity contribution < 1.29 is 9.59 Å². The van der Waals surface area contributed by atoms with Crippen molar-refractivity contribution in [2.24, 2.45) is 29.2 Å². The second kappa shape index (κ2) is 9.64. The lowest BCUT2D eigenvalue weighted by Gasteiger charge is -2.33. The molecule has 1 amide bonds. The molecule has 1 fully saturated rings. The molecule has 3 rings (SSSR count). The fourth-order valence-electron chi connectivity index (χ4n) is 3.16. The first-order chi connectivity index (χ1) is 12.1. The second-order valence-corrected chi connectivity index (χ2v) is 6.15. The van der Waals surface area contributed by atoms with Crippen LogP contribution >= 0.6 is 0 Å². The number of carbonyl (C=O) groups is 2. The maximum Gasteiger partial charge on any atom is 0.220 e. The van der Waals surface area contributed by atoms with Crippen molar-refractivity contribution in [3.63, 3.8) is 0 Å². The maximum atomic E-state index is 12.3. The molecule has 6 nitrogen and oxygen atoms in total. The van der Waals surface area contributed by atoms with Crippen molar-refractivity contribution in [2.45, 2.75) is 19.3 Å². The number of Topliss-reactive ketones (excluding diaryl/α,β-unsaturated/α-hetero) is 1. The lowest BCUT2D eigenvalue weighted by molar-refractivity contribution is -0.124. The predicted molar refractivity (Wildman–Crippen MR) is 95.4 cm³/mol. The first kappa shape index (κ1) is 18.7. The Morgan fingerprint density at radius 2 is 1.76 bits per heavy atom. The van der Waals surface area contributed by atoms with Crippen LogP contribution in [-0.4, -0.2) is 28.2 Å². The van der Waals surface area contributed by atoms with Crippen LogP contribution in [0.15, 0.2) is 55.1 Å². The number of amides is 1. The van der Waals surface area contributed by atoms with E-state index in [1.54, 1.807) is 36.9 Å². The lowest BCUT2D eigenvalue weighted by Crippen LogP contribution is -2.40. The molecule has 1 saturated carbocycles. The van der Waals surface area contributed by atoms with E-state index < -0.39 is 0 Å². The summed E-state index contributed by atoms with van der Waals surface area (Å²) in [5.74, 6) is -0.627. The van der Waals surface area contributed by atoms with E-state index >= 15 is 0 Å². The molecule has 2 aromatic heterocycles. The Morgan fingerprint density at radius 1 is 1.04 bits per heavy atom. The molecular weight excluding hydrogens is 316 g/mol. The van der Waals surface area contributed by atoms with Crippen molar-refractivity contribution >= 4 is 11.7 Å². The average molecular weight is 340 g/mol. The Labute approximate surface area is 147 Å². The molecule has 0 aromatic carbocycles. The van der Waals surface area contributed by atoms with Crippen LogP contribution < -0.4 is 11.5 Å². The van der Waals surface area contributed by atoms with Crippen molar-refractivity contribution in [3.05, 3.63) is 60.7 Å². The fourth-order valence-corrected chi connectivity index (χ4v) is 3.16. The topological polar surface area (TPSA) is 112 Å². The molecule has 6 heteroatoms. The number of nitrogens with zero attached hydrogens (tertiary/aromatic N) is 2. The maximum absolute atomic E-state index is 12.3. The van der Waals surface area contributed by atoms with E-state index in [0.717, 1.165) is 12.8 Å². The van der Waals surface area contributed by atoms with Gasteiger partial charge in [-0.05, 0) is 56.0 Å². The summed E-state index contributed by atoms with van der Waals surface area (Å²) in [5.41, 5.74) is 11.7. The van der Waals surface area contributed by atoms with Crippen LogP contribution in [0.25, 0.3) is 0 Å². The van der Waals surface area contributed by atoms with Gasteiger partial charge in [0.1, 0.15) is 0 Å². The van der Waals surface area contributed by atoms with Crippen LogP contribution in [-0.2, 0) is 4.79 Å². The van der Waals surface area contributed by atoms with E-state index in [-0.39, 0.29) is 29.4 Å². The molecule has 3 atom stereocenters. The number of hydrogen-bond acceptors (Lipinski definition) is 5. The van der Waals surface area contributed by atoms with Crippen LogP contribution in [0.4, 0.5) is 0 Å². The first-order valence-corrected chi connectivity index (χ1v) is 8.42. The van der Waals surface area contributed by atoms with Gasteiger partial charge in [0.15, 0.2) is 5.78 Å². The molecular formula is C19H24N4O2. The molecule has 4 N–H and O–H groups in total. The quantitative estimate of drug-likeness (QED) is 0.825. The van der Waals surface area contributed by atoms with E-state index in [1.165, 1.54) is 0 Å². The molecule has 0 aliphatic heterocycles. The summed E-state index contributed by atoms with van der Waals surface area (Å²) in [6, 6.07) is 9.21. The summed E-state index contributed by atoms with van der Waals surface area (Å²) < 4.78 is 0. The third kappa shape index (κ3) is 5.46. The Morgan fingerprint density at radius 3 is 2.24 bits per heavy atom. The van der Waals surface area contributed by atoms with Crippen LogP contribution in [0, 0.1) is 17.8 Å². The molecule has 0 spiro atoms. The summed E-state index contributed by atoms with van der Waals surface area (Å²) in [7, 11) is 0. The highest BCUT2D eigenvalue weighted by atomic mass is 16.1. The number of rotatable bonds is 4. The summed E-state index contributed by atoms with van der Waals surface area (Å²) in [4.78, 5) is 31.5. The van der Waals surface area contributed by atoms with Gasteiger partial charge in [-0.25, -0.2) is 0 Å². The van der Waals surface area contributed by atoms with Gasteiger partial charge >= 0.3 is 0 Å². The molecule has 2 aromatic rings. The van der Waals surface area contributed by atoms with Gasteiger partial charge in [-0.1, -0.05) is 6.07 Å². The van der Waals surface area contributed by atoms with Gasteiger partial charge in [0.05, 0.1) is 0 Å². The molecule has 2 heterocycles. The van der Waals surface area contributed by atoms with Crippen molar-refractivity contribution in [1.82, 2.24) is 9.97 Å². The van der Waals surface area contributed by atoms with Crippen LogP contribution in [0.3, 0.4) is 0 Å². The smallest absolute Gasteiger partial charge is 0.220 e. The van der Waals surface area contributed by atoms with E-state index in [2.05, 4.69) is 9.97 Å². The third-order valence-corrected chi connectivity index (χ3v) is 4.54. The van der Waals surface area contributed by atoms with Gasteiger partial charge in [0, 0.05) is 42.2 Å². The lowest BCUT2D eigenvalue weighted by atomic mass is 9.71. The highest BCUT2D eigenvalue weighted by Crippen LogP contribution is 2.35. The molecule has 1 aliphatic carbocycles. The Hall–Kier alpha value is -2.60. The Kier molecular flexibility index (Phi) is 7.22. The van der Waals surface area contributed by atoms with Gasteiger partial charge in [-0.15, -0.1) is 0 Å². The third-order valence-electron chi connectivity index (χ3n) is 4.54. The zero-order valence-electron chi connectivity index (χ0n) is 14.1. The molecule has 25 heavy (non-hydrogen) atoms. The SMILES string of the molecule is NCC1CCC(C(=O)c2cccnc2)CC1C(N)=O.c1ccncc1. The zero-order chi connectivity index (χ0) is 18.1. The summed E-state index contributed by atoms with van der Waals surface area (Å²) >= 11 is 0. The number of aromatic nitrogens is 2. The van der Waals surface area contributed by atoms with Gasteiger partial charge in [-0.2, -0.15) is 0 Å². The number of ketones is 1. The number of hydrogen-bond donors (Lipinski definition) is 2. The van der Waals surface area contributed by atoms with E-state index in [1.807, 2.05) is 18.2 Å². The minimum Gasteiger partial charge on any atom is -0.369 e. The molecule has 0 radical (unpaired) electrons. The average Bonchev–Trinajstić information content (AvgIpc) is 2.69. The minimum absolute atomic E-state index is 0.0508. The molecule has 0 bridgehead atoms. The summed E-state index contributed by atoms with van der Waals surface area (Å²) in [6.07, 6.45) is 8.75. The van der Waals surface area contributed by atoms with Crippen molar-refractivity contribution in [3.8, 4) is 0 Å². The molecule has 1 aliphatic rings. The van der Waals surface area contributed by atoms with E-state index in [0.29, 0.717) is 18.5 Å². The highest BCUT2D eigenvalue weighted by Gasteiger charge is 2.36. The van der Waals surface area contributed by atoms with Crippen LogP contribution in [0.1, 0.15) is 29.6 Å². The standard InChI is InChI=1S/C14H19N3O2.C5H5N/c15-7-10-4-3-9(6-12(10)14(16)19)13(18)11-2-1-5-17-8-11;1-2-4-6-5-3-1/h1-2,5,8-10,12H,3-4,6-7,15H2,(H2,16,19);1-5H. The largest absolute Gasteiger partial charge is 0.369 e. The predicted octanol–water partition coefficient (Wildman–Crippen LogP) is 1.82. The second-order valence-electron chi connectivity index (χ2n) is 6.15. The first-order valence-electron chi connectivity index (χ1n) is 8.42. The highest BCUT2D eigenvalue weighted by molar-refractivity contribution is 5.98. The van der Waals surface area contributed by atoms with Gasteiger partial charge in [0.25, 0.3) is 0 Å². The monoisotopic (exact) mass is 340 g/mol. The summed E-state index contributed by atoms with van der Waals surface area (Å²) in [5, 5.41) is 0. The Balaban J connectivity index is 0.000000316. The molecule has 3 unspecified atom stereocenters. The fraction of sp³-hybridized carbons (Fsp3) is 0.368. The van der Waals surface area contributed by atoms with Crippen molar-refractivity contribution in [2.75, 3.05) is 6.54 Å². The van der Waals surface area contributed by atoms with Crippen LogP contribution in [0.2, 0.25) is 0 Å². The summed E-state index contributed by atoms with van der Waals surface area (Å²) in [6.45, 7) is 0.446. The van der Waals surface area contributed by atoms with E-state index in [4.69, 9.17) is 11.5 Å². The van der Waals surface area contributed by atoms with E-state index in [9.17, 15) is 9.59 Å². The molecule has 0 saturated heterocycles. The number of pyridine rings is 2. The minimum atomic E-state index is -0.348. The van der Waals surface area contributed by atoms with Gasteiger partial charge < -0.3 is 11.5 Å². The Bertz CT molecular complexity index is 637. The zero-order valence-corrected chi connectivity index (χ0v) is 14.1. The van der Waals surface area contributed by atoms with Crippen LogP contribution in [0.5, 0.6) is 0 Å². The molecule has 132 valence electrons. The number of nitrogens with two attached hydrogens (primary N) is 2. The van der Waals surface area contributed by atoms with Gasteiger partial charge in [0.2, 0.25) is 5.91 Å². The van der Waals surface area contributed by atoms with Gasteiger partial charge in [-0.3, -0.25) is 19.6 Å². The number of primary amides is 1. The normalized spacial score (nSPS) is 22.4. The van der Waals surface area contributed by atoms with Crippen molar-refractivity contribution in [1.29, 1.82) is 0 Å². The number of carbonyl (C=O) groups excluding carboxylic acids is 2.